The number of likely N-dealkylation sites (tertiary alicyclic amines) is 1. The van der Waals surface area contributed by atoms with Crippen LogP contribution < -0.4 is 14.8 Å². The molecular weight excluding hydrogens is 432 g/mol. The Bertz CT molecular complexity index is 973. The molecular formula is C23H28N2O6S. The maximum Gasteiger partial charge on any atom is 0.340 e. The zero-order valence-corrected chi connectivity index (χ0v) is 19.5. The molecule has 0 spiro atoms. The van der Waals surface area contributed by atoms with E-state index in [-0.39, 0.29) is 41.6 Å². The third-order valence-corrected chi connectivity index (χ3v) is 6.27. The van der Waals surface area contributed by atoms with Gasteiger partial charge in [0.15, 0.2) is 18.1 Å². The summed E-state index contributed by atoms with van der Waals surface area (Å²) in [6.07, 6.45) is 1.80. The standard InChI is InChI=1S/C23H28N2O6S/c1-14(2)22(27)24-16-12-19(30-4)18(29-3)11-15(16)23(28)31-13-21(26)25-9-5-7-17(25)20-8-6-10-32-20/h6,8,10-12,14,17H,5,7,9,13H2,1-4H3,(H,24,27). The first-order chi connectivity index (χ1) is 15.3. The van der Waals surface area contributed by atoms with Crippen molar-refractivity contribution in [3.63, 3.8) is 0 Å². The zero-order chi connectivity index (χ0) is 23.3. The molecule has 1 atom stereocenters. The number of nitrogens with zero attached hydrogens (tertiary/aromatic N) is 1. The third kappa shape index (κ3) is 5.21. The van der Waals surface area contributed by atoms with Crippen molar-refractivity contribution >= 4 is 34.8 Å². The fourth-order valence-corrected chi connectivity index (χ4v) is 4.43. The van der Waals surface area contributed by atoms with Gasteiger partial charge in [-0.3, -0.25) is 9.59 Å². The van der Waals surface area contributed by atoms with Gasteiger partial charge < -0.3 is 24.4 Å². The van der Waals surface area contributed by atoms with E-state index in [1.54, 1.807) is 30.1 Å². The van der Waals surface area contributed by atoms with Crippen LogP contribution in [0, 0.1) is 5.92 Å². The lowest BCUT2D eigenvalue weighted by Crippen LogP contribution is -2.34. The fourth-order valence-electron chi connectivity index (χ4n) is 3.56. The van der Waals surface area contributed by atoms with Gasteiger partial charge in [0.25, 0.3) is 5.91 Å². The molecule has 1 unspecified atom stereocenters. The van der Waals surface area contributed by atoms with Gasteiger partial charge >= 0.3 is 5.97 Å². The highest BCUT2D eigenvalue weighted by molar-refractivity contribution is 7.10. The lowest BCUT2D eigenvalue weighted by molar-refractivity contribution is -0.135. The van der Waals surface area contributed by atoms with Gasteiger partial charge in [-0.1, -0.05) is 19.9 Å². The molecule has 1 aliphatic heterocycles. The van der Waals surface area contributed by atoms with E-state index in [1.165, 1.54) is 26.4 Å². The first kappa shape index (κ1) is 23.6. The number of amides is 2. The molecule has 0 saturated carbocycles. The first-order valence-electron chi connectivity index (χ1n) is 10.4. The number of carbonyl (C=O) groups excluding carboxylic acids is 3. The van der Waals surface area contributed by atoms with Gasteiger partial charge in [0.1, 0.15) is 0 Å². The number of rotatable bonds is 8. The van der Waals surface area contributed by atoms with Gasteiger partial charge in [0.05, 0.1) is 31.5 Å². The molecule has 1 aromatic heterocycles. The summed E-state index contributed by atoms with van der Waals surface area (Å²) >= 11 is 1.61. The van der Waals surface area contributed by atoms with Crippen molar-refractivity contribution in [1.82, 2.24) is 4.90 Å². The molecule has 172 valence electrons. The number of hydrogen-bond donors (Lipinski definition) is 1. The van der Waals surface area contributed by atoms with Crippen LogP contribution in [0.15, 0.2) is 29.6 Å². The minimum atomic E-state index is -0.731. The van der Waals surface area contributed by atoms with E-state index in [4.69, 9.17) is 14.2 Å². The van der Waals surface area contributed by atoms with Crippen molar-refractivity contribution in [2.24, 2.45) is 5.92 Å². The normalized spacial score (nSPS) is 15.5. The Labute approximate surface area is 191 Å². The summed E-state index contributed by atoms with van der Waals surface area (Å²) in [6, 6.07) is 6.94. The van der Waals surface area contributed by atoms with Crippen molar-refractivity contribution in [2.45, 2.75) is 32.7 Å². The molecule has 2 amide bonds. The van der Waals surface area contributed by atoms with Gasteiger partial charge in [0.2, 0.25) is 5.91 Å². The van der Waals surface area contributed by atoms with E-state index >= 15 is 0 Å². The molecule has 9 heteroatoms. The van der Waals surface area contributed by atoms with E-state index in [1.807, 2.05) is 17.5 Å². The van der Waals surface area contributed by atoms with E-state index in [0.717, 1.165) is 17.7 Å². The maximum absolute atomic E-state index is 12.9. The van der Waals surface area contributed by atoms with Crippen molar-refractivity contribution in [3.05, 3.63) is 40.1 Å². The van der Waals surface area contributed by atoms with Crippen LogP contribution in [-0.2, 0) is 14.3 Å². The molecule has 0 radical (unpaired) electrons. The molecule has 1 fully saturated rings. The number of anilines is 1. The Morgan fingerprint density at radius 2 is 1.91 bits per heavy atom. The molecule has 0 aliphatic carbocycles. The number of carbonyl (C=O) groups is 3. The van der Waals surface area contributed by atoms with Crippen molar-refractivity contribution in [3.8, 4) is 11.5 Å². The molecule has 0 bridgehead atoms. The topological polar surface area (TPSA) is 94.2 Å². The average molecular weight is 461 g/mol. The first-order valence-corrected chi connectivity index (χ1v) is 11.3. The molecule has 8 nitrogen and oxygen atoms in total. The second-order valence-electron chi connectivity index (χ2n) is 7.73. The summed E-state index contributed by atoms with van der Waals surface area (Å²) < 4.78 is 15.9. The van der Waals surface area contributed by atoms with Crippen LogP contribution in [0.5, 0.6) is 11.5 Å². The summed E-state index contributed by atoms with van der Waals surface area (Å²) in [7, 11) is 2.91. The highest BCUT2D eigenvalue weighted by Crippen LogP contribution is 2.35. The second kappa shape index (κ2) is 10.5. The number of benzene rings is 1. The molecule has 1 aromatic carbocycles. The second-order valence-corrected chi connectivity index (χ2v) is 8.71. The predicted octanol–water partition coefficient (Wildman–Crippen LogP) is 3.88. The van der Waals surface area contributed by atoms with Crippen LogP contribution >= 0.6 is 11.3 Å². The quantitative estimate of drug-likeness (QED) is 0.601. The fraction of sp³-hybridized carbons (Fsp3) is 0.435. The Morgan fingerprint density at radius 3 is 2.53 bits per heavy atom. The molecule has 3 rings (SSSR count). The van der Waals surface area contributed by atoms with Crippen molar-refractivity contribution in [1.29, 1.82) is 0 Å². The van der Waals surface area contributed by atoms with Gasteiger partial charge in [0, 0.05) is 29.5 Å². The number of nitrogens with one attached hydrogen (secondary N) is 1. The summed E-state index contributed by atoms with van der Waals surface area (Å²) in [5.74, 6) is -0.871. The molecule has 32 heavy (non-hydrogen) atoms. The van der Waals surface area contributed by atoms with E-state index in [0.29, 0.717) is 18.0 Å². The molecule has 1 N–H and O–H groups in total. The monoisotopic (exact) mass is 460 g/mol. The summed E-state index contributed by atoms with van der Waals surface area (Å²) in [5.41, 5.74) is 0.317. The average Bonchev–Trinajstić information content (AvgIpc) is 3.48. The van der Waals surface area contributed by atoms with Gasteiger partial charge in [-0.15, -0.1) is 11.3 Å². The number of ether oxygens (including phenoxy) is 3. The lowest BCUT2D eigenvalue weighted by atomic mass is 10.1. The smallest absolute Gasteiger partial charge is 0.340 e. The molecule has 2 heterocycles. The number of methoxy groups -OCH3 is 2. The Kier molecular flexibility index (Phi) is 7.74. The van der Waals surface area contributed by atoms with Gasteiger partial charge in [-0.25, -0.2) is 4.79 Å². The van der Waals surface area contributed by atoms with Crippen molar-refractivity contribution in [2.75, 3.05) is 32.7 Å². The van der Waals surface area contributed by atoms with E-state index in [2.05, 4.69) is 5.32 Å². The predicted molar refractivity (Wildman–Crippen MR) is 121 cm³/mol. The van der Waals surface area contributed by atoms with Crippen LogP contribution in [0.3, 0.4) is 0 Å². The zero-order valence-electron chi connectivity index (χ0n) is 18.7. The van der Waals surface area contributed by atoms with Crippen LogP contribution in [0.2, 0.25) is 0 Å². The van der Waals surface area contributed by atoms with Crippen LogP contribution in [0.25, 0.3) is 0 Å². The summed E-state index contributed by atoms with van der Waals surface area (Å²) in [4.78, 5) is 40.8. The summed E-state index contributed by atoms with van der Waals surface area (Å²) in [6.45, 7) is 3.73. The van der Waals surface area contributed by atoms with E-state index in [9.17, 15) is 14.4 Å². The lowest BCUT2D eigenvalue weighted by Gasteiger charge is -2.24. The van der Waals surface area contributed by atoms with Gasteiger partial charge in [-0.2, -0.15) is 0 Å². The highest BCUT2D eigenvalue weighted by Gasteiger charge is 2.31. The largest absolute Gasteiger partial charge is 0.493 e. The molecule has 1 aliphatic rings. The summed E-state index contributed by atoms with van der Waals surface area (Å²) in [5, 5.41) is 4.70. The molecule has 1 saturated heterocycles. The van der Waals surface area contributed by atoms with Crippen LogP contribution in [-0.4, -0.2) is 50.1 Å². The minimum absolute atomic E-state index is 0.0168. The van der Waals surface area contributed by atoms with Crippen LogP contribution in [0.4, 0.5) is 5.69 Å². The van der Waals surface area contributed by atoms with Crippen LogP contribution in [0.1, 0.15) is 48.0 Å². The molecule has 2 aromatic rings. The Hall–Kier alpha value is -3.07. The van der Waals surface area contributed by atoms with E-state index < -0.39 is 5.97 Å². The highest BCUT2D eigenvalue weighted by atomic mass is 32.1. The SMILES string of the molecule is COc1cc(NC(=O)C(C)C)c(C(=O)OCC(=O)N2CCCC2c2cccs2)cc1OC. The van der Waals surface area contributed by atoms with Crippen molar-refractivity contribution < 1.29 is 28.6 Å². The number of hydrogen-bond acceptors (Lipinski definition) is 7. The number of thiophene rings is 1. The maximum atomic E-state index is 12.9. The minimum Gasteiger partial charge on any atom is -0.493 e. The third-order valence-electron chi connectivity index (χ3n) is 5.30. The Morgan fingerprint density at radius 1 is 1.19 bits per heavy atom. The van der Waals surface area contributed by atoms with Gasteiger partial charge in [-0.05, 0) is 24.3 Å². The number of esters is 1. The Balaban J connectivity index is 1.76.